The van der Waals surface area contributed by atoms with Gasteiger partial charge in [-0.2, -0.15) is 5.26 Å². The van der Waals surface area contributed by atoms with Crippen LogP contribution in [-0.4, -0.2) is 37.1 Å². The Morgan fingerprint density at radius 3 is 3.00 bits per heavy atom. The van der Waals surface area contributed by atoms with E-state index in [1.165, 1.54) is 19.4 Å². The van der Waals surface area contributed by atoms with Crippen LogP contribution in [0.5, 0.6) is 0 Å². The van der Waals surface area contributed by atoms with E-state index in [1.807, 2.05) is 0 Å². The molecule has 1 N–H and O–H groups in total. The first-order valence-electron chi connectivity index (χ1n) is 5.70. The molecule has 1 aliphatic heterocycles. The van der Waals surface area contributed by atoms with Gasteiger partial charge < -0.3 is 5.32 Å². The number of unbranched alkanes of at least 4 members (excludes halogenated alkanes) is 1. The lowest BCUT2D eigenvalue weighted by Crippen LogP contribution is -2.46. The predicted molar refractivity (Wildman–Crippen MR) is 58.0 cm³/mol. The van der Waals surface area contributed by atoms with Crippen molar-refractivity contribution in [3.63, 3.8) is 0 Å². The van der Waals surface area contributed by atoms with Crippen LogP contribution in [0.15, 0.2) is 0 Å². The molecule has 1 saturated heterocycles. The van der Waals surface area contributed by atoms with E-state index in [-0.39, 0.29) is 0 Å². The van der Waals surface area contributed by atoms with E-state index in [2.05, 4.69) is 23.2 Å². The van der Waals surface area contributed by atoms with Crippen molar-refractivity contribution in [1.82, 2.24) is 10.2 Å². The van der Waals surface area contributed by atoms with Crippen molar-refractivity contribution in [2.45, 2.75) is 38.6 Å². The Labute approximate surface area is 87.1 Å². The molecular weight excluding hydrogens is 174 g/mol. The fourth-order valence-corrected chi connectivity index (χ4v) is 2.11. The van der Waals surface area contributed by atoms with Gasteiger partial charge in [0.25, 0.3) is 0 Å². The number of hydrogen-bond donors (Lipinski definition) is 1. The molecule has 0 amide bonds. The number of hydrogen-bond acceptors (Lipinski definition) is 3. The zero-order chi connectivity index (χ0) is 10.2. The quantitative estimate of drug-likeness (QED) is 0.673. The molecule has 1 rings (SSSR count). The van der Waals surface area contributed by atoms with Crippen molar-refractivity contribution in [3.05, 3.63) is 0 Å². The Morgan fingerprint density at radius 2 is 2.43 bits per heavy atom. The van der Waals surface area contributed by atoms with Gasteiger partial charge in [-0.15, -0.1) is 0 Å². The molecule has 80 valence electrons. The van der Waals surface area contributed by atoms with Crippen molar-refractivity contribution in [3.8, 4) is 6.07 Å². The first kappa shape index (κ1) is 11.5. The van der Waals surface area contributed by atoms with Gasteiger partial charge in [0.05, 0.1) is 6.07 Å². The first-order chi connectivity index (χ1) is 6.88. The average molecular weight is 195 g/mol. The highest BCUT2D eigenvalue weighted by atomic mass is 15.2. The highest BCUT2D eigenvalue weighted by molar-refractivity contribution is 4.79. The highest BCUT2D eigenvalue weighted by Gasteiger charge is 2.18. The zero-order valence-electron chi connectivity index (χ0n) is 9.13. The van der Waals surface area contributed by atoms with E-state index < -0.39 is 0 Å². The lowest BCUT2D eigenvalue weighted by atomic mass is 10.1. The lowest BCUT2D eigenvalue weighted by Gasteiger charge is -2.33. The van der Waals surface area contributed by atoms with Gasteiger partial charge in [0.2, 0.25) is 0 Å². The third-order valence-electron chi connectivity index (χ3n) is 2.93. The predicted octanol–water partition coefficient (Wildman–Crippen LogP) is 1.36. The van der Waals surface area contributed by atoms with E-state index in [0.717, 1.165) is 26.1 Å². The van der Waals surface area contributed by atoms with Crippen molar-refractivity contribution < 1.29 is 0 Å². The van der Waals surface area contributed by atoms with E-state index in [0.29, 0.717) is 12.5 Å². The third-order valence-corrected chi connectivity index (χ3v) is 2.93. The zero-order valence-corrected chi connectivity index (χ0v) is 9.13. The second kappa shape index (κ2) is 6.80. The Hall–Kier alpha value is -0.590. The van der Waals surface area contributed by atoms with Gasteiger partial charge in [-0.05, 0) is 38.9 Å². The summed E-state index contributed by atoms with van der Waals surface area (Å²) in [6.07, 6.45) is 4.31. The number of nitrogens with zero attached hydrogens (tertiary/aromatic N) is 2. The molecule has 3 heteroatoms. The fraction of sp³-hybridized carbons (Fsp3) is 0.909. The molecule has 0 bridgehead atoms. The smallest absolute Gasteiger partial charge is 0.0622 e. The Kier molecular flexibility index (Phi) is 5.58. The largest absolute Gasteiger partial charge is 0.315 e. The minimum absolute atomic E-state index is 0.691. The van der Waals surface area contributed by atoms with Gasteiger partial charge in [0, 0.05) is 19.0 Å². The van der Waals surface area contributed by atoms with E-state index in [4.69, 9.17) is 5.26 Å². The van der Waals surface area contributed by atoms with Crippen LogP contribution in [0.25, 0.3) is 0 Å². The summed E-state index contributed by atoms with van der Waals surface area (Å²) in [5, 5.41) is 11.9. The number of rotatable bonds is 5. The molecule has 0 aromatic rings. The summed E-state index contributed by atoms with van der Waals surface area (Å²) in [6, 6.07) is 2.91. The average Bonchev–Trinajstić information content (AvgIpc) is 2.26. The van der Waals surface area contributed by atoms with E-state index in [1.54, 1.807) is 0 Å². The van der Waals surface area contributed by atoms with E-state index >= 15 is 0 Å². The SMILES string of the molecule is CCN(CCCC#N)C1CCCNC1. The van der Waals surface area contributed by atoms with Crippen LogP contribution in [0.3, 0.4) is 0 Å². The maximum Gasteiger partial charge on any atom is 0.0622 e. The highest BCUT2D eigenvalue weighted by Crippen LogP contribution is 2.10. The molecule has 0 saturated carbocycles. The number of nitriles is 1. The van der Waals surface area contributed by atoms with Gasteiger partial charge in [0.1, 0.15) is 0 Å². The summed E-state index contributed by atoms with van der Waals surface area (Å²) in [4.78, 5) is 2.50. The maximum atomic E-state index is 8.48. The molecule has 1 aliphatic rings. The molecule has 1 heterocycles. The Balaban J connectivity index is 2.25. The van der Waals surface area contributed by atoms with Gasteiger partial charge >= 0.3 is 0 Å². The molecule has 0 aliphatic carbocycles. The van der Waals surface area contributed by atoms with Crippen molar-refractivity contribution in [1.29, 1.82) is 5.26 Å². The fourth-order valence-electron chi connectivity index (χ4n) is 2.11. The van der Waals surface area contributed by atoms with Gasteiger partial charge in [0.15, 0.2) is 0 Å². The van der Waals surface area contributed by atoms with Crippen LogP contribution in [0, 0.1) is 11.3 Å². The van der Waals surface area contributed by atoms with Gasteiger partial charge in [-0.25, -0.2) is 0 Å². The number of likely N-dealkylation sites (N-methyl/N-ethyl adjacent to an activating group) is 1. The standard InChI is InChI=1S/C11H21N3/c1-2-14(9-4-3-7-12)11-6-5-8-13-10-11/h11,13H,2-6,8-10H2,1H3. The van der Waals surface area contributed by atoms with Crippen molar-refractivity contribution in [2.24, 2.45) is 0 Å². The van der Waals surface area contributed by atoms with E-state index in [9.17, 15) is 0 Å². The monoisotopic (exact) mass is 195 g/mol. The second-order valence-corrected chi connectivity index (χ2v) is 3.89. The third kappa shape index (κ3) is 3.65. The molecule has 0 aromatic heterocycles. The molecule has 0 aromatic carbocycles. The lowest BCUT2D eigenvalue weighted by molar-refractivity contribution is 0.173. The van der Waals surface area contributed by atoms with Crippen LogP contribution in [0.2, 0.25) is 0 Å². The topological polar surface area (TPSA) is 39.1 Å². The summed E-state index contributed by atoms with van der Waals surface area (Å²) in [5.74, 6) is 0. The maximum absolute atomic E-state index is 8.48. The minimum Gasteiger partial charge on any atom is -0.315 e. The van der Waals surface area contributed by atoms with Crippen LogP contribution >= 0.6 is 0 Å². The summed E-state index contributed by atoms with van der Waals surface area (Å²) in [7, 11) is 0. The normalized spacial score (nSPS) is 22.2. The van der Waals surface area contributed by atoms with Crippen molar-refractivity contribution in [2.75, 3.05) is 26.2 Å². The summed E-state index contributed by atoms with van der Waals surface area (Å²) in [6.45, 7) is 6.70. The molecule has 14 heavy (non-hydrogen) atoms. The minimum atomic E-state index is 0.691. The van der Waals surface area contributed by atoms with Crippen LogP contribution in [0.1, 0.15) is 32.6 Å². The molecule has 1 unspecified atom stereocenters. The molecule has 0 radical (unpaired) electrons. The van der Waals surface area contributed by atoms with Crippen LogP contribution in [-0.2, 0) is 0 Å². The number of nitrogens with one attached hydrogen (secondary N) is 1. The molecule has 1 fully saturated rings. The van der Waals surface area contributed by atoms with Crippen LogP contribution < -0.4 is 5.32 Å². The Bertz CT molecular complexity index is 179. The number of piperidine rings is 1. The molecule has 1 atom stereocenters. The van der Waals surface area contributed by atoms with Crippen molar-refractivity contribution >= 4 is 0 Å². The summed E-state index contributed by atoms with van der Waals surface area (Å²) in [5.41, 5.74) is 0. The Morgan fingerprint density at radius 1 is 1.57 bits per heavy atom. The molecular formula is C11H21N3. The van der Waals surface area contributed by atoms with Gasteiger partial charge in [-0.1, -0.05) is 6.92 Å². The molecule has 0 spiro atoms. The molecule has 3 nitrogen and oxygen atoms in total. The summed E-state index contributed by atoms with van der Waals surface area (Å²) >= 11 is 0. The van der Waals surface area contributed by atoms with Crippen LogP contribution in [0.4, 0.5) is 0 Å². The first-order valence-corrected chi connectivity index (χ1v) is 5.70. The summed E-state index contributed by atoms with van der Waals surface area (Å²) < 4.78 is 0. The second-order valence-electron chi connectivity index (χ2n) is 3.89. The van der Waals surface area contributed by atoms with Gasteiger partial charge in [-0.3, -0.25) is 4.90 Å².